The van der Waals surface area contributed by atoms with Crippen molar-refractivity contribution in [3.05, 3.63) is 48.6 Å². The van der Waals surface area contributed by atoms with Crippen molar-refractivity contribution >= 4 is 5.91 Å². The van der Waals surface area contributed by atoms with Crippen molar-refractivity contribution in [2.75, 3.05) is 0 Å². The molecule has 0 saturated heterocycles. The minimum absolute atomic E-state index is 0.0429. The van der Waals surface area contributed by atoms with Gasteiger partial charge in [0.05, 0.1) is 6.04 Å². The van der Waals surface area contributed by atoms with Crippen molar-refractivity contribution in [1.82, 2.24) is 5.32 Å². The van der Waals surface area contributed by atoms with Crippen LogP contribution in [0, 0.1) is 11.8 Å². The third-order valence-electron chi connectivity index (χ3n) is 3.23. The fourth-order valence-corrected chi connectivity index (χ4v) is 1.61. The van der Waals surface area contributed by atoms with Gasteiger partial charge in [-0.05, 0) is 18.4 Å². The van der Waals surface area contributed by atoms with Gasteiger partial charge in [-0.15, -0.1) is 6.58 Å². The molecule has 92 valence electrons. The van der Waals surface area contributed by atoms with Crippen LogP contribution in [-0.2, 0) is 4.79 Å². The van der Waals surface area contributed by atoms with Crippen LogP contribution in [0.5, 0.6) is 0 Å². The summed E-state index contributed by atoms with van der Waals surface area (Å²) in [6, 6.07) is 10.0. The van der Waals surface area contributed by atoms with E-state index in [0.29, 0.717) is 0 Å². The second kappa shape index (κ2) is 6.24. The number of amides is 1. The van der Waals surface area contributed by atoms with Gasteiger partial charge >= 0.3 is 0 Å². The van der Waals surface area contributed by atoms with Crippen LogP contribution in [0.15, 0.2) is 43.0 Å². The van der Waals surface area contributed by atoms with Gasteiger partial charge in [-0.25, -0.2) is 0 Å². The minimum atomic E-state index is -0.0429. The van der Waals surface area contributed by atoms with Gasteiger partial charge in [-0.2, -0.15) is 0 Å². The molecule has 0 saturated carbocycles. The van der Waals surface area contributed by atoms with E-state index in [1.165, 1.54) is 0 Å². The molecule has 17 heavy (non-hydrogen) atoms. The molecule has 3 atom stereocenters. The van der Waals surface area contributed by atoms with E-state index in [1.54, 1.807) is 0 Å². The van der Waals surface area contributed by atoms with E-state index in [-0.39, 0.29) is 23.8 Å². The van der Waals surface area contributed by atoms with Crippen LogP contribution in [-0.4, -0.2) is 5.91 Å². The first-order chi connectivity index (χ1) is 8.06. The number of hydrogen-bond donors (Lipinski definition) is 1. The van der Waals surface area contributed by atoms with Gasteiger partial charge in [-0.1, -0.05) is 50.3 Å². The summed E-state index contributed by atoms with van der Waals surface area (Å²) in [5, 5.41) is 3.02. The van der Waals surface area contributed by atoms with Crippen LogP contribution in [0.25, 0.3) is 0 Å². The maximum Gasteiger partial charge on any atom is 0.223 e. The number of carbonyl (C=O) groups is 1. The first-order valence-electron chi connectivity index (χ1n) is 6.04. The Morgan fingerprint density at radius 3 is 2.35 bits per heavy atom. The number of allylic oxidation sites excluding steroid dienone is 1. The molecule has 1 N–H and O–H groups in total. The summed E-state index contributed by atoms with van der Waals surface area (Å²) in [6.07, 6.45) is 1.82. The van der Waals surface area contributed by atoms with Crippen molar-refractivity contribution < 1.29 is 4.79 Å². The molecule has 2 heteroatoms. The highest BCUT2D eigenvalue weighted by Gasteiger charge is 2.19. The Morgan fingerprint density at radius 2 is 1.82 bits per heavy atom. The molecule has 1 aromatic carbocycles. The second-order valence-corrected chi connectivity index (χ2v) is 4.52. The van der Waals surface area contributed by atoms with Crippen LogP contribution in [0.4, 0.5) is 0 Å². The van der Waals surface area contributed by atoms with E-state index in [1.807, 2.05) is 57.2 Å². The van der Waals surface area contributed by atoms with Crippen molar-refractivity contribution in [2.45, 2.75) is 26.8 Å². The molecule has 0 heterocycles. The number of nitrogens with one attached hydrogen (secondary N) is 1. The Bertz CT molecular complexity index is 372. The molecule has 1 aromatic rings. The van der Waals surface area contributed by atoms with E-state index in [9.17, 15) is 4.79 Å². The molecule has 0 radical (unpaired) electrons. The van der Waals surface area contributed by atoms with Gasteiger partial charge in [0.25, 0.3) is 0 Å². The summed E-state index contributed by atoms with van der Waals surface area (Å²) < 4.78 is 0. The van der Waals surface area contributed by atoms with Gasteiger partial charge in [0.15, 0.2) is 0 Å². The summed E-state index contributed by atoms with van der Waals surface area (Å²) in [4.78, 5) is 12.0. The largest absolute Gasteiger partial charge is 0.349 e. The lowest BCUT2D eigenvalue weighted by Gasteiger charge is -2.20. The lowest BCUT2D eigenvalue weighted by atomic mass is 9.95. The third-order valence-corrected chi connectivity index (χ3v) is 3.23. The molecule has 0 aliphatic carbocycles. The van der Waals surface area contributed by atoms with Gasteiger partial charge < -0.3 is 5.32 Å². The minimum Gasteiger partial charge on any atom is -0.349 e. The zero-order valence-electron chi connectivity index (χ0n) is 10.8. The standard InChI is InChI=1S/C15H21NO/c1-5-11(2)12(3)15(17)16-13(4)14-9-7-6-8-10-14/h5-13H,1H2,2-4H3,(H,16,17)/t11-,12+,13-/m0/s1. The Kier molecular flexibility index (Phi) is 4.95. The highest BCUT2D eigenvalue weighted by Crippen LogP contribution is 2.16. The summed E-state index contributed by atoms with van der Waals surface area (Å²) in [5.74, 6) is 0.227. The molecular weight excluding hydrogens is 210 g/mol. The van der Waals surface area contributed by atoms with Gasteiger partial charge in [0.2, 0.25) is 5.91 Å². The van der Waals surface area contributed by atoms with E-state index in [2.05, 4.69) is 11.9 Å². The molecule has 0 aromatic heterocycles. The third kappa shape index (κ3) is 3.74. The highest BCUT2D eigenvalue weighted by molar-refractivity contribution is 5.79. The fourth-order valence-electron chi connectivity index (χ4n) is 1.61. The van der Waals surface area contributed by atoms with Crippen LogP contribution >= 0.6 is 0 Å². The average Bonchev–Trinajstić information content (AvgIpc) is 2.37. The predicted octanol–water partition coefficient (Wildman–Crippen LogP) is 3.32. The molecule has 0 fully saturated rings. The van der Waals surface area contributed by atoms with Gasteiger partial charge in [-0.3, -0.25) is 4.79 Å². The van der Waals surface area contributed by atoms with E-state index >= 15 is 0 Å². The smallest absolute Gasteiger partial charge is 0.223 e. The first-order valence-corrected chi connectivity index (χ1v) is 6.04. The zero-order valence-corrected chi connectivity index (χ0v) is 10.8. The molecule has 0 spiro atoms. The molecular formula is C15H21NO. The van der Waals surface area contributed by atoms with Crippen LogP contribution in [0.1, 0.15) is 32.4 Å². The molecule has 2 nitrogen and oxygen atoms in total. The second-order valence-electron chi connectivity index (χ2n) is 4.52. The molecule has 0 aliphatic rings. The van der Waals surface area contributed by atoms with Gasteiger partial charge in [0, 0.05) is 5.92 Å². The molecule has 1 rings (SSSR count). The van der Waals surface area contributed by atoms with E-state index in [0.717, 1.165) is 5.56 Å². The molecule has 1 amide bonds. The molecule has 0 unspecified atom stereocenters. The first kappa shape index (κ1) is 13.5. The maximum absolute atomic E-state index is 12.0. The quantitative estimate of drug-likeness (QED) is 0.774. The van der Waals surface area contributed by atoms with E-state index < -0.39 is 0 Å². The van der Waals surface area contributed by atoms with Crippen molar-refractivity contribution in [1.29, 1.82) is 0 Å². The van der Waals surface area contributed by atoms with Gasteiger partial charge in [0.1, 0.15) is 0 Å². The summed E-state index contributed by atoms with van der Waals surface area (Å²) >= 11 is 0. The van der Waals surface area contributed by atoms with Crippen molar-refractivity contribution in [3.8, 4) is 0 Å². The lowest BCUT2D eigenvalue weighted by molar-refractivity contribution is -0.126. The summed E-state index contributed by atoms with van der Waals surface area (Å²) in [7, 11) is 0. The number of rotatable bonds is 5. The fraction of sp³-hybridized carbons (Fsp3) is 0.400. The van der Waals surface area contributed by atoms with Crippen LogP contribution in [0.3, 0.4) is 0 Å². The zero-order chi connectivity index (χ0) is 12.8. The highest BCUT2D eigenvalue weighted by atomic mass is 16.1. The topological polar surface area (TPSA) is 29.1 Å². The molecule has 0 bridgehead atoms. The Labute approximate surface area is 104 Å². The Morgan fingerprint density at radius 1 is 1.24 bits per heavy atom. The number of hydrogen-bond acceptors (Lipinski definition) is 1. The Hall–Kier alpha value is -1.57. The Balaban J connectivity index is 2.60. The number of carbonyl (C=O) groups excluding carboxylic acids is 1. The predicted molar refractivity (Wildman–Crippen MR) is 71.5 cm³/mol. The summed E-state index contributed by atoms with van der Waals surface area (Å²) in [6.45, 7) is 9.65. The average molecular weight is 231 g/mol. The monoisotopic (exact) mass is 231 g/mol. The number of benzene rings is 1. The SMILES string of the molecule is C=C[C@H](C)[C@@H](C)C(=O)N[C@@H](C)c1ccccc1. The van der Waals surface area contributed by atoms with E-state index in [4.69, 9.17) is 0 Å². The lowest BCUT2D eigenvalue weighted by Crippen LogP contribution is -2.33. The van der Waals surface area contributed by atoms with Crippen molar-refractivity contribution in [3.63, 3.8) is 0 Å². The normalized spacial score (nSPS) is 15.7. The molecule has 0 aliphatic heterocycles. The van der Waals surface area contributed by atoms with Crippen LogP contribution < -0.4 is 5.32 Å². The maximum atomic E-state index is 12.0. The summed E-state index contributed by atoms with van der Waals surface area (Å²) in [5.41, 5.74) is 1.12. The van der Waals surface area contributed by atoms with Crippen LogP contribution in [0.2, 0.25) is 0 Å². The van der Waals surface area contributed by atoms with Crippen molar-refractivity contribution in [2.24, 2.45) is 11.8 Å².